The van der Waals surface area contributed by atoms with E-state index in [4.69, 9.17) is 4.74 Å². The summed E-state index contributed by atoms with van der Waals surface area (Å²) in [5.74, 6) is -0.237. The lowest BCUT2D eigenvalue weighted by Crippen LogP contribution is -2.36. The van der Waals surface area contributed by atoms with Gasteiger partial charge in [0.05, 0.1) is 30.4 Å². The number of nitrogens with zero attached hydrogens (tertiary/aromatic N) is 2. The number of imidazole rings is 1. The first-order valence-corrected chi connectivity index (χ1v) is 5.82. The third-order valence-electron chi connectivity index (χ3n) is 2.98. The van der Waals surface area contributed by atoms with Crippen LogP contribution in [0.25, 0.3) is 0 Å². The van der Waals surface area contributed by atoms with Gasteiger partial charge in [-0.05, 0) is 34.7 Å². The molecule has 0 aliphatic heterocycles. The van der Waals surface area contributed by atoms with Crippen LogP contribution in [0.5, 0.6) is 0 Å². The van der Waals surface area contributed by atoms with Crippen LogP contribution < -0.4 is 5.32 Å². The highest BCUT2D eigenvalue weighted by Gasteiger charge is 2.26. The minimum atomic E-state index is -0.361. The fraction of sp³-hybridized carbons (Fsp3) is 0.667. The van der Waals surface area contributed by atoms with E-state index in [0.717, 1.165) is 5.69 Å². The van der Waals surface area contributed by atoms with Gasteiger partial charge in [-0.25, -0.2) is 9.78 Å². The van der Waals surface area contributed by atoms with Crippen LogP contribution in [-0.4, -0.2) is 29.2 Å². The molecule has 0 amide bonds. The Morgan fingerprint density at radius 1 is 1.65 bits per heavy atom. The molecule has 96 valence electrons. The van der Waals surface area contributed by atoms with E-state index in [1.807, 2.05) is 32.4 Å². The average molecular weight is 239 g/mol. The van der Waals surface area contributed by atoms with Gasteiger partial charge in [-0.3, -0.25) is 0 Å². The molecule has 1 aromatic heterocycles. The summed E-state index contributed by atoms with van der Waals surface area (Å²) in [7, 11) is 1.88. The summed E-state index contributed by atoms with van der Waals surface area (Å²) >= 11 is 0. The van der Waals surface area contributed by atoms with Crippen LogP contribution in [0.4, 0.5) is 0 Å². The molecule has 1 N–H and O–H groups in total. The normalized spacial score (nSPS) is 13.5. The van der Waals surface area contributed by atoms with E-state index in [2.05, 4.69) is 10.3 Å². The van der Waals surface area contributed by atoms with Gasteiger partial charge in [-0.1, -0.05) is 0 Å². The maximum absolute atomic E-state index is 11.7. The van der Waals surface area contributed by atoms with Crippen molar-refractivity contribution in [2.24, 2.45) is 0 Å². The van der Waals surface area contributed by atoms with Crippen molar-refractivity contribution in [2.45, 2.75) is 39.3 Å². The van der Waals surface area contributed by atoms with Crippen molar-refractivity contribution in [2.75, 3.05) is 13.7 Å². The maximum Gasteiger partial charge on any atom is 0.328 e. The number of carbonyl (C=O) groups excluding carboxylic acids is 1. The topological polar surface area (TPSA) is 56.2 Å². The summed E-state index contributed by atoms with van der Waals surface area (Å²) in [6, 6.07) is -0.361. The highest BCUT2D eigenvalue weighted by Crippen LogP contribution is 2.22. The quantitative estimate of drug-likeness (QED) is 0.790. The van der Waals surface area contributed by atoms with E-state index < -0.39 is 0 Å². The molecule has 0 bridgehead atoms. The Morgan fingerprint density at radius 3 is 2.82 bits per heavy atom. The Morgan fingerprint density at radius 2 is 2.29 bits per heavy atom. The van der Waals surface area contributed by atoms with Gasteiger partial charge in [0.15, 0.2) is 0 Å². The van der Waals surface area contributed by atoms with Crippen molar-refractivity contribution < 1.29 is 9.53 Å². The van der Waals surface area contributed by atoms with Crippen molar-refractivity contribution in [1.82, 2.24) is 14.9 Å². The highest BCUT2D eigenvalue weighted by atomic mass is 16.5. The van der Waals surface area contributed by atoms with Crippen LogP contribution in [0.3, 0.4) is 0 Å². The number of hydrogen-bond acceptors (Lipinski definition) is 4. The lowest BCUT2D eigenvalue weighted by atomic mass is 10.0. The fourth-order valence-corrected chi connectivity index (χ4v) is 1.60. The largest absolute Gasteiger partial charge is 0.464 e. The van der Waals surface area contributed by atoms with Crippen molar-refractivity contribution in [1.29, 1.82) is 0 Å². The smallest absolute Gasteiger partial charge is 0.328 e. The molecule has 0 aromatic carbocycles. The molecule has 0 saturated heterocycles. The van der Waals surface area contributed by atoms with Crippen molar-refractivity contribution in [3.63, 3.8) is 0 Å². The predicted molar refractivity (Wildman–Crippen MR) is 65.7 cm³/mol. The van der Waals surface area contributed by atoms with Crippen LogP contribution in [0, 0.1) is 0 Å². The molecule has 0 fully saturated rings. The van der Waals surface area contributed by atoms with Gasteiger partial charge in [-0.2, -0.15) is 0 Å². The van der Waals surface area contributed by atoms with E-state index in [1.165, 1.54) is 0 Å². The van der Waals surface area contributed by atoms with Gasteiger partial charge in [0.25, 0.3) is 0 Å². The Bertz CT molecular complexity index is 385. The first-order valence-electron chi connectivity index (χ1n) is 5.82. The van der Waals surface area contributed by atoms with E-state index in [-0.39, 0.29) is 17.6 Å². The van der Waals surface area contributed by atoms with Crippen LogP contribution in [0.15, 0.2) is 12.5 Å². The summed E-state index contributed by atoms with van der Waals surface area (Å²) < 4.78 is 6.86. The number of hydrogen-bond donors (Lipinski definition) is 1. The Labute approximate surface area is 102 Å². The van der Waals surface area contributed by atoms with Crippen LogP contribution in [-0.2, 0) is 15.1 Å². The predicted octanol–water partition coefficient (Wildman–Crippen LogP) is 1.46. The highest BCUT2D eigenvalue weighted by molar-refractivity contribution is 5.73. The number of carbonyl (C=O) groups is 1. The lowest BCUT2D eigenvalue weighted by Gasteiger charge is -2.27. The van der Waals surface area contributed by atoms with Gasteiger partial charge in [0.1, 0.15) is 6.04 Å². The van der Waals surface area contributed by atoms with Gasteiger partial charge in [0, 0.05) is 0 Å². The molecule has 5 nitrogen and oxygen atoms in total. The number of aromatic nitrogens is 2. The summed E-state index contributed by atoms with van der Waals surface area (Å²) in [5, 5.41) is 3.20. The van der Waals surface area contributed by atoms with Crippen LogP contribution in [0.2, 0.25) is 0 Å². The van der Waals surface area contributed by atoms with Gasteiger partial charge in [0.2, 0.25) is 0 Å². The van der Waals surface area contributed by atoms with E-state index >= 15 is 0 Å². The molecule has 1 heterocycles. The van der Waals surface area contributed by atoms with E-state index in [1.54, 1.807) is 19.4 Å². The monoisotopic (exact) mass is 239 g/mol. The molecule has 0 spiro atoms. The summed E-state index contributed by atoms with van der Waals surface area (Å²) in [5.41, 5.74) is 0.720. The molecule has 17 heavy (non-hydrogen) atoms. The third-order valence-corrected chi connectivity index (χ3v) is 2.98. The summed E-state index contributed by atoms with van der Waals surface area (Å²) in [6.07, 6.45) is 3.43. The molecule has 1 aromatic rings. The molecule has 5 heteroatoms. The van der Waals surface area contributed by atoms with Gasteiger partial charge in [-0.15, -0.1) is 0 Å². The zero-order chi connectivity index (χ0) is 13.1. The Kier molecular flexibility index (Phi) is 4.28. The second-order valence-corrected chi connectivity index (χ2v) is 4.49. The first kappa shape index (κ1) is 13.7. The maximum atomic E-state index is 11.7. The van der Waals surface area contributed by atoms with Crippen LogP contribution >= 0.6 is 0 Å². The summed E-state index contributed by atoms with van der Waals surface area (Å²) in [6.45, 7) is 8.09. The van der Waals surface area contributed by atoms with Crippen molar-refractivity contribution in [3.05, 3.63) is 18.2 Å². The van der Waals surface area contributed by atoms with Crippen molar-refractivity contribution >= 4 is 5.97 Å². The standard InChI is InChI=1S/C12H21N3O2/c1-6-17-11(16)9(2)15-8-14-7-10(15)12(3,4)13-5/h7-9,13H,6H2,1-5H3. The molecular formula is C12H21N3O2. The number of nitrogens with one attached hydrogen (secondary N) is 1. The number of ether oxygens (including phenoxy) is 1. The molecule has 0 aliphatic rings. The third kappa shape index (κ3) is 2.85. The molecule has 1 atom stereocenters. The number of rotatable bonds is 5. The first-order chi connectivity index (χ1) is 7.94. The Balaban J connectivity index is 3.00. The van der Waals surface area contributed by atoms with E-state index in [0.29, 0.717) is 6.61 Å². The fourth-order valence-electron chi connectivity index (χ4n) is 1.60. The Hall–Kier alpha value is -1.36. The molecule has 0 saturated carbocycles. The minimum absolute atomic E-state index is 0.237. The molecule has 1 rings (SSSR count). The van der Waals surface area contributed by atoms with Crippen LogP contribution in [0.1, 0.15) is 39.4 Å². The summed E-state index contributed by atoms with van der Waals surface area (Å²) in [4.78, 5) is 15.8. The molecule has 0 radical (unpaired) electrons. The van der Waals surface area contributed by atoms with Gasteiger partial charge >= 0.3 is 5.97 Å². The zero-order valence-corrected chi connectivity index (χ0v) is 11.2. The van der Waals surface area contributed by atoms with Crippen molar-refractivity contribution in [3.8, 4) is 0 Å². The molecule has 0 aliphatic carbocycles. The lowest BCUT2D eigenvalue weighted by molar-refractivity contribution is -0.146. The number of esters is 1. The second kappa shape index (κ2) is 5.31. The molecule has 1 unspecified atom stereocenters. The SMILES string of the molecule is CCOC(=O)C(C)n1cncc1C(C)(C)NC. The molecular weight excluding hydrogens is 218 g/mol. The van der Waals surface area contributed by atoms with Gasteiger partial charge < -0.3 is 14.6 Å². The second-order valence-electron chi connectivity index (χ2n) is 4.49. The minimum Gasteiger partial charge on any atom is -0.464 e. The van der Waals surface area contributed by atoms with E-state index in [9.17, 15) is 4.79 Å². The zero-order valence-electron chi connectivity index (χ0n) is 11.2. The average Bonchev–Trinajstić information content (AvgIpc) is 2.77.